The summed E-state index contributed by atoms with van der Waals surface area (Å²) in [5.74, 6) is 2.29. The lowest BCUT2D eigenvalue weighted by Gasteiger charge is -2.33. The average molecular weight is 725 g/mol. The van der Waals surface area contributed by atoms with Gasteiger partial charge in [-0.15, -0.1) is 0 Å². The lowest BCUT2D eigenvalue weighted by Crippen LogP contribution is -2.39. The summed E-state index contributed by atoms with van der Waals surface area (Å²) in [7, 11) is 4.66. The summed E-state index contributed by atoms with van der Waals surface area (Å²) in [6.07, 6.45) is 2.71. The van der Waals surface area contributed by atoms with Crippen molar-refractivity contribution >= 4 is 46.1 Å². The molecule has 12 heteroatoms. The zero-order valence-electron chi connectivity index (χ0n) is 29.4. The number of benzene rings is 3. The Morgan fingerprint density at radius 2 is 1.66 bits per heavy atom. The lowest BCUT2D eigenvalue weighted by atomic mass is 9.76. The van der Waals surface area contributed by atoms with Crippen molar-refractivity contribution < 1.29 is 23.7 Å². The van der Waals surface area contributed by atoms with E-state index in [0.29, 0.717) is 59.2 Å². The molecular formula is C38H47Cl2N5O5. The number of methoxy groups -OCH3 is 3. The van der Waals surface area contributed by atoms with Gasteiger partial charge in [0.2, 0.25) is 11.7 Å². The smallest absolute Gasteiger partial charge is 0.254 e. The van der Waals surface area contributed by atoms with Crippen LogP contribution in [0.5, 0.6) is 17.2 Å². The molecule has 10 nitrogen and oxygen atoms in total. The van der Waals surface area contributed by atoms with Crippen LogP contribution in [-0.4, -0.2) is 106 Å². The predicted octanol–water partition coefficient (Wildman–Crippen LogP) is 6.79. The fourth-order valence-corrected chi connectivity index (χ4v) is 7.73. The molecule has 2 aliphatic heterocycles. The number of halogens is 2. The monoisotopic (exact) mass is 723 g/mol. The first kappa shape index (κ1) is 36.1. The fourth-order valence-electron chi connectivity index (χ4n) is 7.43. The number of ether oxygens (including phenoxy) is 4. The Morgan fingerprint density at radius 3 is 2.38 bits per heavy atom. The largest absolute Gasteiger partial charge is 0.493 e. The van der Waals surface area contributed by atoms with Crippen LogP contribution in [0.25, 0.3) is 11.0 Å². The second-order valence-electron chi connectivity index (χ2n) is 13.0. The Bertz CT molecular complexity index is 1780. The lowest BCUT2D eigenvalue weighted by molar-refractivity contribution is 0.0780. The summed E-state index contributed by atoms with van der Waals surface area (Å²) in [6, 6.07) is 17.7. The van der Waals surface area contributed by atoms with Gasteiger partial charge in [0.05, 0.1) is 49.0 Å². The molecule has 3 aromatic carbocycles. The molecule has 6 rings (SSSR count). The van der Waals surface area contributed by atoms with Crippen LogP contribution in [0, 0.1) is 0 Å². The minimum absolute atomic E-state index is 0.0798. The van der Waals surface area contributed by atoms with E-state index in [4.69, 9.17) is 47.1 Å². The molecule has 0 saturated carbocycles. The second kappa shape index (κ2) is 16.1. The van der Waals surface area contributed by atoms with Crippen molar-refractivity contribution in [3.05, 3.63) is 75.8 Å². The van der Waals surface area contributed by atoms with Crippen LogP contribution in [0.2, 0.25) is 10.0 Å². The van der Waals surface area contributed by atoms with Crippen molar-refractivity contribution in [2.24, 2.45) is 0 Å². The number of anilines is 1. The number of amides is 1. The summed E-state index contributed by atoms with van der Waals surface area (Å²) < 4.78 is 24.6. The molecule has 268 valence electrons. The summed E-state index contributed by atoms with van der Waals surface area (Å²) in [5.41, 5.74) is 3.45. The van der Waals surface area contributed by atoms with E-state index >= 15 is 0 Å². The molecule has 1 atom stereocenters. The molecule has 0 spiro atoms. The Morgan fingerprint density at radius 1 is 0.880 bits per heavy atom. The minimum atomic E-state index is -0.288. The number of aromatic nitrogens is 2. The van der Waals surface area contributed by atoms with E-state index in [0.717, 1.165) is 81.1 Å². The van der Waals surface area contributed by atoms with Gasteiger partial charge in [0.25, 0.3) is 5.91 Å². The van der Waals surface area contributed by atoms with Crippen molar-refractivity contribution in [3.63, 3.8) is 0 Å². The van der Waals surface area contributed by atoms with E-state index < -0.39 is 0 Å². The van der Waals surface area contributed by atoms with Gasteiger partial charge in [-0.1, -0.05) is 41.4 Å². The van der Waals surface area contributed by atoms with Gasteiger partial charge in [-0.25, -0.2) is 4.98 Å². The van der Waals surface area contributed by atoms with E-state index in [1.54, 1.807) is 33.5 Å². The molecule has 0 radical (unpaired) electrons. The molecular weight excluding hydrogens is 677 g/mol. The minimum Gasteiger partial charge on any atom is -0.493 e. The van der Waals surface area contributed by atoms with Crippen LogP contribution in [0.3, 0.4) is 0 Å². The maximum atomic E-state index is 14.0. The van der Waals surface area contributed by atoms with Crippen LogP contribution in [0.4, 0.5) is 5.95 Å². The Balaban J connectivity index is 1.19. The summed E-state index contributed by atoms with van der Waals surface area (Å²) >= 11 is 13.0. The van der Waals surface area contributed by atoms with Crippen molar-refractivity contribution in [2.75, 3.05) is 85.3 Å². The standard InChI is InChI=1S/C38H47Cl2N5O5/c1-5-50-22-21-45-32-10-7-6-9-31(32)41-37(45)43-16-8-15-42(19-20-43)17-13-38(28-11-12-29(39)30(40)25-28)14-18-44(26-38)36(46)27-23-33(47-2)35(49-4)34(24-27)48-3/h6-7,9-12,23-25H,5,8,13-22,26H2,1-4H3. The summed E-state index contributed by atoms with van der Waals surface area (Å²) in [5, 5.41) is 1.05. The first-order chi connectivity index (χ1) is 24.3. The number of rotatable bonds is 13. The third-order valence-corrected chi connectivity index (χ3v) is 10.9. The van der Waals surface area contributed by atoms with E-state index in [-0.39, 0.29) is 11.3 Å². The average Bonchev–Trinajstić information content (AvgIpc) is 3.66. The van der Waals surface area contributed by atoms with Gasteiger partial charge < -0.3 is 38.2 Å². The molecule has 1 unspecified atom stereocenters. The van der Waals surface area contributed by atoms with Gasteiger partial charge in [-0.2, -0.15) is 0 Å². The molecule has 2 saturated heterocycles. The third kappa shape index (κ3) is 7.49. The summed E-state index contributed by atoms with van der Waals surface area (Å²) in [4.78, 5) is 26.0. The maximum absolute atomic E-state index is 14.0. The first-order valence-electron chi connectivity index (χ1n) is 17.4. The quantitative estimate of drug-likeness (QED) is 0.140. The number of para-hydroxylation sites is 2. The zero-order valence-corrected chi connectivity index (χ0v) is 30.9. The normalized spacial score (nSPS) is 18.4. The number of carbonyl (C=O) groups excluding carboxylic acids is 1. The number of fused-ring (bicyclic) bond motifs is 1. The first-order valence-corrected chi connectivity index (χ1v) is 18.1. The third-order valence-electron chi connectivity index (χ3n) is 10.2. The fraction of sp³-hybridized carbons (Fsp3) is 0.474. The van der Waals surface area contributed by atoms with Crippen LogP contribution in [0.1, 0.15) is 42.1 Å². The van der Waals surface area contributed by atoms with Crippen molar-refractivity contribution in [1.29, 1.82) is 0 Å². The second-order valence-corrected chi connectivity index (χ2v) is 13.8. The summed E-state index contributed by atoms with van der Waals surface area (Å²) in [6.45, 7) is 9.92. The molecule has 2 fully saturated rings. The van der Waals surface area contributed by atoms with Gasteiger partial charge in [0.1, 0.15) is 0 Å². The van der Waals surface area contributed by atoms with Crippen LogP contribution < -0.4 is 19.1 Å². The van der Waals surface area contributed by atoms with E-state index in [1.165, 1.54) is 0 Å². The molecule has 0 bridgehead atoms. The molecule has 0 N–H and O–H groups in total. The zero-order chi connectivity index (χ0) is 35.3. The molecule has 2 aliphatic rings. The molecule has 0 aliphatic carbocycles. The molecule has 3 heterocycles. The highest BCUT2D eigenvalue weighted by atomic mass is 35.5. The molecule has 1 amide bonds. The SMILES string of the molecule is CCOCCn1c(N2CCCN(CCC3(c4ccc(Cl)c(Cl)c4)CCN(C(=O)c4cc(OC)c(OC)c(OC)c4)C3)CC2)nc2ccccc21. The van der Waals surface area contributed by atoms with Gasteiger partial charge in [-0.3, -0.25) is 4.79 Å². The van der Waals surface area contributed by atoms with Gasteiger partial charge in [0, 0.05) is 56.9 Å². The van der Waals surface area contributed by atoms with E-state index in [1.807, 2.05) is 30.0 Å². The van der Waals surface area contributed by atoms with Crippen LogP contribution >= 0.6 is 23.2 Å². The molecule has 1 aromatic heterocycles. The van der Waals surface area contributed by atoms with Crippen LogP contribution in [-0.2, 0) is 16.7 Å². The number of likely N-dealkylation sites (tertiary alicyclic amines) is 1. The van der Waals surface area contributed by atoms with Crippen molar-refractivity contribution in [1.82, 2.24) is 19.4 Å². The van der Waals surface area contributed by atoms with Crippen molar-refractivity contribution in [2.45, 2.75) is 38.1 Å². The number of imidazole rings is 1. The topological polar surface area (TPSA) is 81.5 Å². The number of carbonyl (C=O) groups is 1. The number of nitrogens with zero attached hydrogens (tertiary/aromatic N) is 5. The highest BCUT2D eigenvalue weighted by molar-refractivity contribution is 6.42. The number of hydrogen-bond donors (Lipinski definition) is 0. The molecule has 4 aromatic rings. The highest BCUT2D eigenvalue weighted by Gasteiger charge is 2.42. The Hall–Kier alpha value is -3.70. The van der Waals surface area contributed by atoms with Gasteiger partial charge in [-0.05, 0) is 81.2 Å². The number of hydrogen-bond acceptors (Lipinski definition) is 8. The predicted molar refractivity (Wildman–Crippen MR) is 199 cm³/mol. The van der Waals surface area contributed by atoms with E-state index in [2.05, 4.69) is 38.6 Å². The van der Waals surface area contributed by atoms with Crippen molar-refractivity contribution in [3.8, 4) is 17.2 Å². The van der Waals surface area contributed by atoms with E-state index in [9.17, 15) is 4.79 Å². The Kier molecular flexibility index (Phi) is 11.6. The van der Waals surface area contributed by atoms with Gasteiger partial charge in [0.15, 0.2) is 11.5 Å². The van der Waals surface area contributed by atoms with Crippen LogP contribution in [0.15, 0.2) is 54.6 Å². The molecule has 50 heavy (non-hydrogen) atoms. The Labute approximate surface area is 304 Å². The highest BCUT2D eigenvalue weighted by Crippen LogP contribution is 2.42. The maximum Gasteiger partial charge on any atom is 0.254 e. The van der Waals surface area contributed by atoms with Gasteiger partial charge >= 0.3 is 0 Å².